The molecular formula is C21H22N4O. The van der Waals surface area contributed by atoms with Crippen LogP contribution < -0.4 is 10.2 Å². The molecule has 3 aromatic rings. The normalized spacial score (nSPS) is 14.4. The Kier molecular flexibility index (Phi) is 5.07. The van der Waals surface area contributed by atoms with Crippen molar-refractivity contribution >= 4 is 11.6 Å². The Hall–Kier alpha value is -2.92. The first-order valence-corrected chi connectivity index (χ1v) is 8.91. The second-order valence-corrected chi connectivity index (χ2v) is 6.26. The van der Waals surface area contributed by atoms with Crippen molar-refractivity contribution in [2.45, 2.75) is 6.04 Å². The molecule has 0 amide bonds. The van der Waals surface area contributed by atoms with Crippen LogP contribution in [0.2, 0.25) is 0 Å². The van der Waals surface area contributed by atoms with E-state index in [1.54, 1.807) is 6.33 Å². The van der Waals surface area contributed by atoms with Gasteiger partial charge in [-0.2, -0.15) is 0 Å². The zero-order valence-corrected chi connectivity index (χ0v) is 14.6. The van der Waals surface area contributed by atoms with E-state index in [2.05, 4.69) is 68.7 Å². The summed E-state index contributed by atoms with van der Waals surface area (Å²) in [5.41, 5.74) is 2.40. The number of morpholine rings is 1. The van der Waals surface area contributed by atoms with Crippen LogP contribution in [-0.4, -0.2) is 36.3 Å². The minimum Gasteiger partial charge on any atom is -0.378 e. The van der Waals surface area contributed by atoms with Gasteiger partial charge in [0.25, 0.3) is 0 Å². The molecule has 1 fully saturated rings. The quantitative estimate of drug-likeness (QED) is 0.766. The van der Waals surface area contributed by atoms with E-state index in [4.69, 9.17) is 4.74 Å². The van der Waals surface area contributed by atoms with Crippen molar-refractivity contribution in [3.05, 3.63) is 84.2 Å². The van der Waals surface area contributed by atoms with E-state index in [1.807, 2.05) is 18.2 Å². The Morgan fingerprint density at radius 1 is 0.846 bits per heavy atom. The fourth-order valence-electron chi connectivity index (χ4n) is 3.19. The number of hydrogen-bond acceptors (Lipinski definition) is 5. The molecule has 0 unspecified atom stereocenters. The maximum Gasteiger partial charge on any atom is 0.134 e. The van der Waals surface area contributed by atoms with Crippen molar-refractivity contribution in [1.82, 2.24) is 9.97 Å². The molecule has 0 bridgehead atoms. The lowest BCUT2D eigenvalue weighted by Gasteiger charge is -2.28. The van der Waals surface area contributed by atoms with Gasteiger partial charge in [-0.25, -0.2) is 9.97 Å². The van der Waals surface area contributed by atoms with Crippen LogP contribution in [0.3, 0.4) is 0 Å². The van der Waals surface area contributed by atoms with Crippen molar-refractivity contribution < 1.29 is 4.74 Å². The Morgan fingerprint density at radius 2 is 1.46 bits per heavy atom. The second kappa shape index (κ2) is 7.97. The Balaban J connectivity index is 1.62. The molecule has 0 radical (unpaired) electrons. The number of aromatic nitrogens is 2. The number of rotatable bonds is 5. The van der Waals surface area contributed by atoms with Gasteiger partial charge >= 0.3 is 0 Å². The first-order chi connectivity index (χ1) is 12.9. The molecule has 132 valence electrons. The summed E-state index contributed by atoms with van der Waals surface area (Å²) in [6, 6.07) is 22.9. The number of anilines is 2. The maximum absolute atomic E-state index is 5.43. The van der Waals surface area contributed by atoms with Crippen LogP contribution in [0.5, 0.6) is 0 Å². The molecule has 1 N–H and O–H groups in total. The van der Waals surface area contributed by atoms with Crippen LogP contribution in [0.1, 0.15) is 17.2 Å². The van der Waals surface area contributed by atoms with Gasteiger partial charge in [0.15, 0.2) is 0 Å². The van der Waals surface area contributed by atoms with E-state index in [1.165, 1.54) is 11.1 Å². The standard InChI is InChI=1S/C21H22N4O/c1-3-7-17(8-4-1)21(18-9-5-2-6-10-18)24-19-15-20(23-16-22-19)25-11-13-26-14-12-25/h1-10,15-16,21H,11-14H2,(H,22,23,24). The third-order valence-electron chi connectivity index (χ3n) is 4.55. The van der Waals surface area contributed by atoms with Gasteiger partial charge in [-0.3, -0.25) is 0 Å². The summed E-state index contributed by atoms with van der Waals surface area (Å²) < 4.78 is 5.43. The van der Waals surface area contributed by atoms with E-state index in [0.29, 0.717) is 0 Å². The summed E-state index contributed by atoms with van der Waals surface area (Å²) in [7, 11) is 0. The number of ether oxygens (including phenoxy) is 1. The lowest BCUT2D eigenvalue weighted by molar-refractivity contribution is 0.122. The van der Waals surface area contributed by atoms with E-state index >= 15 is 0 Å². The van der Waals surface area contributed by atoms with Gasteiger partial charge < -0.3 is 15.0 Å². The summed E-state index contributed by atoms with van der Waals surface area (Å²) in [5, 5.41) is 3.58. The smallest absolute Gasteiger partial charge is 0.134 e. The topological polar surface area (TPSA) is 50.3 Å². The number of nitrogens with one attached hydrogen (secondary N) is 1. The molecule has 5 heteroatoms. The van der Waals surface area contributed by atoms with Gasteiger partial charge in [-0.05, 0) is 11.1 Å². The van der Waals surface area contributed by atoms with Crippen molar-refractivity contribution in [2.75, 3.05) is 36.5 Å². The van der Waals surface area contributed by atoms with Gasteiger partial charge in [0.1, 0.15) is 18.0 Å². The van der Waals surface area contributed by atoms with Crippen molar-refractivity contribution in [2.24, 2.45) is 0 Å². The fraction of sp³-hybridized carbons (Fsp3) is 0.238. The molecule has 4 rings (SSSR count). The van der Waals surface area contributed by atoms with Crippen molar-refractivity contribution in [3.63, 3.8) is 0 Å². The van der Waals surface area contributed by atoms with Gasteiger partial charge in [0, 0.05) is 19.2 Å². The highest BCUT2D eigenvalue weighted by Crippen LogP contribution is 2.26. The first kappa shape index (κ1) is 16.5. The first-order valence-electron chi connectivity index (χ1n) is 8.91. The molecule has 0 saturated carbocycles. The number of nitrogens with zero attached hydrogens (tertiary/aromatic N) is 3. The van der Waals surface area contributed by atoms with Gasteiger partial charge in [-0.1, -0.05) is 60.7 Å². The lowest BCUT2D eigenvalue weighted by Crippen LogP contribution is -2.36. The zero-order chi connectivity index (χ0) is 17.6. The molecule has 26 heavy (non-hydrogen) atoms. The second-order valence-electron chi connectivity index (χ2n) is 6.26. The van der Waals surface area contributed by atoms with E-state index < -0.39 is 0 Å². The molecule has 5 nitrogen and oxygen atoms in total. The van der Waals surface area contributed by atoms with Crippen LogP contribution in [0.25, 0.3) is 0 Å². The van der Waals surface area contributed by atoms with Gasteiger partial charge in [0.05, 0.1) is 19.3 Å². The molecule has 0 atom stereocenters. The predicted molar refractivity (Wildman–Crippen MR) is 103 cm³/mol. The Labute approximate surface area is 153 Å². The summed E-state index contributed by atoms with van der Waals surface area (Å²) in [6.07, 6.45) is 1.63. The van der Waals surface area contributed by atoms with E-state index in [9.17, 15) is 0 Å². The molecule has 0 aliphatic carbocycles. The molecule has 2 heterocycles. The Bertz CT molecular complexity index is 780. The highest BCUT2D eigenvalue weighted by atomic mass is 16.5. The van der Waals surface area contributed by atoms with Crippen molar-refractivity contribution in [3.8, 4) is 0 Å². The molecule has 1 aromatic heterocycles. The van der Waals surface area contributed by atoms with Crippen LogP contribution in [0, 0.1) is 0 Å². The van der Waals surface area contributed by atoms with E-state index in [-0.39, 0.29) is 6.04 Å². The minimum absolute atomic E-state index is 0.0323. The summed E-state index contributed by atoms with van der Waals surface area (Å²) in [4.78, 5) is 11.1. The Morgan fingerprint density at radius 3 is 2.08 bits per heavy atom. The van der Waals surface area contributed by atoms with E-state index in [0.717, 1.165) is 37.9 Å². The third kappa shape index (κ3) is 3.83. The number of benzene rings is 2. The van der Waals surface area contributed by atoms with Gasteiger partial charge in [0.2, 0.25) is 0 Å². The largest absolute Gasteiger partial charge is 0.378 e. The van der Waals surface area contributed by atoms with Crippen LogP contribution in [0.15, 0.2) is 73.1 Å². The van der Waals surface area contributed by atoms with Crippen LogP contribution >= 0.6 is 0 Å². The maximum atomic E-state index is 5.43. The van der Waals surface area contributed by atoms with Crippen LogP contribution in [0.4, 0.5) is 11.6 Å². The van der Waals surface area contributed by atoms with Crippen LogP contribution in [-0.2, 0) is 4.74 Å². The van der Waals surface area contributed by atoms with Gasteiger partial charge in [-0.15, -0.1) is 0 Å². The summed E-state index contributed by atoms with van der Waals surface area (Å²) in [6.45, 7) is 3.20. The molecule has 0 spiro atoms. The predicted octanol–water partition coefficient (Wildman–Crippen LogP) is 3.51. The zero-order valence-electron chi connectivity index (χ0n) is 14.6. The minimum atomic E-state index is 0.0323. The lowest BCUT2D eigenvalue weighted by atomic mass is 9.99. The van der Waals surface area contributed by atoms with Crippen molar-refractivity contribution in [1.29, 1.82) is 0 Å². The fourth-order valence-corrected chi connectivity index (χ4v) is 3.19. The molecule has 1 saturated heterocycles. The molecule has 1 aliphatic rings. The number of hydrogen-bond donors (Lipinski definition) is 1. The highest BCUT2D eigenvalue weighted by molar-refractivity contribution is 5.51. The highest BCUT2D eigenvalue weighted by Gasteiger charge is 2.17. The summed E-state index contributed by atoms with van der Waals surface area (Å²) in [5.74, 6) is 1.75. The molecule has 1 aliphatic heterocycles. The average molecular weight is 346 g/mol. The molecular weight excluding hydrogens is 324 g/mol. The monoisotopic (exact) mass is 346 g/mol. The average Bonchev–Trinajstić information content (AvgIpc) is 2.74. The SMILES string of the molecule is c1ccc(C(Nc2cc(N3CCOCC3)ncn2)c2ccccc2)cc1. The molecule has 2 aromatic carbocycles. The summed E-state index contributed by atoms with van der Waals surface area (Å²) >= 11 is 0. The third-order valence-corrected chi connectivity index (χ3v) is 4.55.